The summed E-state index contributed by atoms with van der Waals surface area (Å²) in [5.74, 6) is 0.529. The Morgan fingerprint density at radius 1 is 0.893 bits per heavy atom. The zero-order valence-electron chi connectivity index (χ0n) is 14.9. The minimum atomic E-state index is -0.310. The van der Waals surface area contributed by atoms with Crippen LogP contribution in [0.1, 0.15) is 5.56 Å². The molecule has 28 heavy (non-hydrogen) atoms. The Balaban J connectivity index is 1.57. The molecule has 4 aromatic rings. The number of H-pyrrole nitrogens is 1. The van der Waals surface area contributed by atoms with Gasteiger partial charge in [0, 0.05) is 30.7 Å². The van der Waals surface area contributed by atoms with E-state index in [0.717, 1.165) is 16.7 Å². The standard InChI is InChI=1S/C21H17F2N5/c22-16-5-1-14(2-6-16)9-10-26-21-27-13-18(20-24-11-12-25-20)19(28-21)15-3-7-17(23)8-4-15/h1-8,11-13H,9-10H2,(H,24,25)(H,26,27,28). The molecule has 0 radical (unpaired) electrons. The van der Waals surface area contributed by atoms with E-state index < -0.39 is 0 Å². The van der Waals surface area contributed by atoms with Crippen LogP contribution in [0.15, 0.2) is 67.1 Å². The molecule has 0 saturated carbocycles. The Labute approximate surface area is 160 Å². The zero-order valence-corrected chi connectivity index (χ0v) is 14.9. The summed E-state index contributed by atoms with van der Waals surface area (Å²) < 4.78 is 26.3. The average molecular weight is 377 g/mol. The molecule has 2 aromatic heterocycles. The van der Waals surface area contributed by atoms with E-state index in [-0.39, 0.29) is 11.6 Å². The van der Waals surface area contributed by atoms with E-state index in [1.54, 1.807) is 42.9 Å². The van der Waals surface area contributed by atoms with Crippen LogP contribution in [-0.2, 0) is 6.42 Å². The third-order valence-electron chi connectivity index (χ3n) is 4.27. The lowest BCUT2D eigenvalue weighted by molar-refractivity contribution is 0.627. The van der Waals surface area contributed by atoms with Gasteiger partial charge in [-0.3, -0.25) is 0 Å². The first-order valence-electron chi connectivity index (χ1n) is 8.80. The quantitative estimate of drug-likeness (QED) is 0.520. The predicted molar refractivity (Wildman–Crippen MR) is 104 cm³/mol. The summed E-state index contributed by atoms with van der Waals surface area (Å²) in [6.07, 6.45) is 5.76. The van der Waals surface area contributed by atoms with Gasteiger partial charge in [-0.2, -0.15) is 0 Å². The molecule has 140 valence electrons. The summed E-state index contributed by atoms with van der Waals surface area (Å²) in [5.41, 5.74) is 3.14. The topological polar surface area (TPSA) is 66.5 Å². The Morgan fingerprint density at radius 3 is 2.29 bits per heavy atom. The molecule has 5 nitrogen and oxygen atoms in total. The van der Waals surface area contributed by atoms with Gasteiger partial charge in [0.15, 0.2) is 0 Å². The smallest absolute Gasteiger partial charge is 0.223 e. The maximum atomic E-state index is 13.3. The summed E-state index contributed by atoms with van der Waals surface area (Å²) in [4.78, 5) is 16.3. The van der Waals surface area contributed by atoms with Gasteiger partial charge in [0.25, 0.3) is 0 Å². The van der Waals surface area contributed by atoms with E-state index in [2.05, 4.69) is 25.3 Å². The van der Waals surface area contributed by atoms with Crippen molar-refractivity contribution in [1.29, 1.82) is 0 Å². The van der Waals surface area contributed by atoms with Gasteiger partial charge in [-0.15, -0.1) is 0 Å². The highest BCUT2D eigenvalue weighted by Gasteiger charge is 2.13. The van der Waals surface area contributed by atoms with Crippen molar-refractivity contribution in [3.8, 4) is 22.6 Å². The summed E-state index contributed by atoms with van der Waals surface area (Å²) in [7, 11) is 0. The highest BCUT2D eigenvalue weighted by atomic mass is 19.1. The van der Waals surface area contributed by atoms with Crippen LogP contribution in [-0.4, -0.2) is 26.5 Å². The molecule has 0 unspecified atom stereocenters. The summed E-state index contributed by atoms with van der Waals surface area (Å²) >= 11 is 0. The lowest BCUT2D eigenvalue weighted by atomic mass is 10.1. The molecule has 2 heterocycles. The van der Waals surface area contributed by atoms with Gasteiger partial charge >= 0.3 is 0 Å². The van der Waals surface area contributed by atoms with Crippen molar-refractivity contribution in [2.75, 3.05) is 11.9 Å². The lowest BCUT2D eigenvalue weighted by Gasteiger charge is -2.10. The predicted octanol–water partition coefficient (Wildman–Crippen LogP) is 4.47. The van der Waals surface area contributed by atoms with Crippen molar-refractivity contribution in [3.63, 3.8) is 0 Å². The van der Waals surface area contributed by atoms with E-state index in [4.69, 9.17) is 0 Å². The molecule has 0 aliphatic rings. The van der Waals surface area contributed by atoms with E-state index in [1.807, 2.05) is 0 Å². The van der Waals surface area contributed by atoms with Crippen LogP contribution in [0.25, 0.3) is 22.6 Å². The molecule has 0 amide bonds. The molecule has 0 bridgehead atoms. The van der Waals surface area contributed by atoms with Crippen LogP contribution >= 0.6 is 0 Å². The SMILES string of the molecule is Fc1ccc(CCNc2ncc(-c3ncc[nH]3)c(-c3ccc(F)cc3)n2)cc1. The van der Waals surface area contributed by atoms with Crippen LogP contribution in [0, 0.1) is 11.6 Å². The number of anilines is 1. The van der Waals surface area contributed by atoms with Gasteiger partial charge in [0.1, 0.15) is 17.5 Å². The molecule has 2 N–H and O–H groups in total. The second kappa shape index (κ2) is 7.96. The van der Waals surface area contributed by atoms with Gasteiger partial charge in [0.2, 0.25) is 5.95 Å². The molecule has 0 aliphatic carbocycles. The van der Waals surface area contributed by atoms with Crippen molar-refractivity contribution in [2.45, 2.75) is 6.42 Å². The molecule has 2 aromatic carbocycles. The van der Waals surface area contributed by atoms with Crippen molar-refractivity contribution in [2.24, 2.45) is 0 Å². The number of hydrogen-bond donors (Lipinski definition) is 2. The summed E-state index contributed by atoms with van der Waals surface area (Å²) in [6, 6.07) is 12.5. The largest absolute Gasteiger partial charge is 0.354 e. The highest BCUT2D eigenvalue weighted by molar-refractivity contribution is 5.77. The number of imidazole rings is 1. The number of benzene rings is 2. The fourth-order valence-corrected chi connectivity index (χ4v) is 2.85. The Kier molecular flexibility index (Phi) is 5.05. The van der Waals surface area contributed by atoms with E-state index in [0.29, 0.717) is 30.4 Å². The van der Waals surface area contributed by atoms with Crippen molar-refractivity contribution < 1.29 is 8.78 Å². The minimum absolute atomic E-state index is 0.252. The van der Waals surface area contributed by atoms with Crippen LogP contribution in [0.2, 0.25) is 0 Å². The number of nitrogens with one attached hydrogen (secondary N) is 2. The molecule has 0 atom stereocenters. The number of aromatic nitrogens is 4. The third kappa shape index (κ3) is 4.03. The number of nitrogens with zero attached hydrogens (tertiary/aromatic N) is 3. The first-order chi connectivity index (χ1) is 13.7. The van der Waals surface area contributed by atoms with E-state index in [1.165, 1.54) is 24.3 Å². The van der Waals surface area contributed by atoms with Gasteiger partial charge in [-0.25, -0.2) is 23.7 Å². The Bertz CT molecular complexity index is 1050. The molecular formula is C21H17F2N5. The maximum Gasteiger partial charge on any atom is 0.223 e. The molecule has 0 spiro atoms. The average Bonchev–Trinajstić information content (AvgIpc) is 3.25. The molecule has 0 fully saturated rings. The highest BCUT2D eigenvalue weighted by Crippen LogP contribution is 2.28. The third-order valence-corrected chi connectivity index (χ3v) is 4.27. The second-order valence-electron chi connectivity index (χ2n) is 6.20. The normalized spacial score (nSPS) is 10.8. The zero-order chi connectivity index (χ0) is 19.3. The van der Waals surface area contributed by atoms with Gasteiger partial charge in [0.05, 0.1) is 11.3 Å². The molecule has 0 aliphatic heterocycles. The van der Waals surface area contributed by atoms with E-state index in [9.17, 15) is 8.78 Å². The molecule has 0 saturated heterocycles. The van der Waals surface area contributed by atoms with Gasteiger partial charge in [-0.1, -0.05) is 12.1 Å². The Hall–Kier alpha value is -3.61. The fourth-order valence-electron chi connectivity index (χ4n) is 2.85. The molecule has 7 heteroatoms. The first kappa shape index (κ1) is 17.8. The van der Waals surface area contributed by atoms with Crippen LogP contribution in [0.3, 0.4) is 0 Å². The van der Waals surface area contributed by atoms with Crippen LogP contribution in [0.4, 0.5) is 14.7 Å². The monoisotopic (exact) mass is 377 g/mol. The van der Waals surface area contributed by atoms with Gasteiger partial charge < -0.3 is 10.3 Å². The first-order valence-corrected chi connectivity index (χ1v) is 8.80. The summed E-state index contributed by atoms with van der Waals surface area (Å²) in [5, 5.41) is 3.18. The lowest BCUT2D eigenvalue weighted by Crippen LogP contribution is -2.09. The maximum absolute atomic E-state index is 13.3. The van der Waals surface area contributed by atoms with Gasteiger partial charge in [-0.05, 0) is 48.4 Å². The molecular weight excluding hydrogens is 360 g/mol. The second-order valence-corrected chi connectivity index (χ2v) is 6.20. The van der Waals surface area contributed by atoms with Crippen LogP contribution in [0.5, 0.6) is 0 Å². The Morgan fingerprint density at radius 2 is 1.61 bits per heavy atom. The van der Waals surface area contributed by atoms with Crippen molar-refractivity contribution in [1.82, 2.24) is 19.9 Å². The number of aromatic amines is 1. The minimum Gasteiger partial charge on any atom is -0.354 e. The number of rotatable bonds is 6. The number of hydrogen-bond acceptors (Lipinski definition) is 4. The summed E-state index contributed by atoms with van der Waals surface area (Å²) in [6.45, 7) is 0.592. The van der Waals surface area contributed by atoms with Crippen molar-refractivity contribution in [3.05, 3.63) is 84.3 Å². The van der Waals surface area contributed by atoms with Crippen LogP contribution < -0.4 is 5.32 Å². The number of halogens is 2. The molecule has 4 rings (SSSR count). The van der Waals surface area contributed by atoms with E-state index >= 15 is 0 Å². The fraction of sp³-hybridized carbons (Fsp3) is 0.0952. The van der Waals surface area contributed by atoms with Crippen molar-refractivity contribution >= 4 is 5.95 Å².